The van der Waals surface area contributed by atoms with Crippen LogP contribution < -0.4 is 14.9 Å². The normalized spacial score (nSPS) is 10.5. The fraction of sp³-hybridized carbons (Fsp3) is 0.167. The quantitative estimate of drug-likeness (QED) is 0.217. The van der Waals surface area contributed by atoms with Gasteiger partial charge in [0.15, 0.2) is 0 Å². The third-order valence-electron chi connectivity index (χ3n) is 2.96. The average molecular weight is 500 g/mol. The van der Waals surface area contributed by atoms with Crippen LogP contribution in [0.15, 0.2) is 51.1 Å². The number of halogens is 1. The summed E-state index contributed by atoms with van der Waals surface area (Å²) in [5.41, 5.74) is 0.258. The maximum absolute atomic E-state index is 11.9. The van der Waals surface area contributed by atoms with Gasteiger partial charge in [0.2, 0.25) is 6.41 Å². The number of ether oxygens (including phenoxy) is 1. The van der Waals surface area contributed by atoms with Gasteiger partial charge >= 0.3 is 17.1 Å². The van der Waals surface area contributed by atoms with Gasteiger partial charge in [0, 0.05) is 30.0 Å². The number of aromatic hydroxyl groups is 1. The minimum atomic E-state index is -0.705. The number of hydrogen-bond acceptors (Lipinski definition) is 7. The predicted molar refractivity (Wildman–Crippen MR) is 102 cm³/mol. The molecule has 0 aromatic heterocycles. The first-order valence-corrected chi connectivity index (χ1v) is 8.32. The van der Waals surface area contributed by atoms with Gasteiger partial charge in [-0.2, -0.15) is 10.2 Å². The second-order valence-corrected chi connectivity index (χ2v) is 6.18. The van der Waals surface area contributed by atoms with Crippen LogP contribution in [-0.2, 0) is 21.9 Å². The van der Waals surface area contributed by atoms with Gasteiger partial charge in [0.05, 0.1) is 13.3 Å². The Hall–Kier alpha value is -2.55. The molecule has 0 saturated heterocycles. The van der Waals surface area contributed by atoms with Crippen LogP contribution in [0.4, 0.5) is 0 Å². The van der Waals surface area contributed by atoms with E-state index in [1.807, 2.05) is 0 Å². The molecule has 1 amide bonds. The van der Waals surface area contributed by atoms with Crippen LogP contribution in [0.25, 0.3) is 0 Å². The van der Waals surface area contributed by atoms with Crippen LogP contribution in [-0.4, -0.2) is 49.7 Å². The molecule has 0 saturated carbocycles. The number of rotatable bonds is 5. The van der Waals surface area contributed by atoms with Crippen molar-refractivity contribution in [2.24, 2.45) is 10.2 Å². The molecule has 0 spiro atoms. The standard InChI is InChI=1S/C15H13BrN2O4.C3H7NO.Cu/c1-22-13-7-10(16)6-9(14(13)20)8-17-18-15(21)11-4-2-3-5-12(11)19;1-4(2)3-5;/h2-8,19-20H,1H3,(H,18,21);3H,1-2H3;/q;;+2/p-2/b17-8+;;. The van der Waals surface area contributed by atoms with Crippen LogP contribution in [0.5, 0.6) is 17.2 Å². The summed E-state index contributed by atoms with van der Waals surface area (Å²) in [6.45, 7) is 0. The zero-order valence-electron chi connectivity index (χ0n) is 15.2. The third-order valence-corrected chi connectivity index (χ3v) is 3.42. The molecule has 0 atom stereocenters. The molecule has 0 bridgehead atoms. The van der Waals surface area contributed by atoms with E-state index in [9.17, 15) is 20.1 Å². The van der Waals surface area contributed by atoms with Crippen LogP contribution in [0, 0.1) is 0 Å². The molecule has 10 heteroatoms. The van der Waals surface area contributed by atoms with E-state index >= 15 is 0 Å². The molecule has 153 valence electrons. The maximum Gasteiger partial charge on any atom is 2.00 e. The number of hydrogen-bond donors (Lipinski definition) is 1. The zero-order valence-corrected chi connectivity index (χ0v) is 17.7. The first kappa shape index (κ1) is 25.4. The summed E-state index contributed by atoms with van der Waals surface area (Å²) < 4.78 is 5.58. The smallest absolute Gasteiger partial charge is 0.870 e. The molecule has 1 radical (unpaired) electrons. The Morgan fingerprint density at radius 1 is 1.29 bits per heavy atom. The van der Waals surface area contributed by atoms with Crippen LogP contribution in [0.1, 0.15) is 11.1 Å². The zero-order chi connectivity index (χ0) is 20.4. The van der Waals surface area contributed by atoms with E-state index in [1.165, 1.54) is 36.3 Å². The van der Waals surface area contributed by atoms with Crippen LogP contribution >= 0.6 is 15.9 Å². The topological polar surface area (TPSA) is 121 Å². The Kier molecular flexibility index (Phi) is 11.6. The molecule has 8 nitrogen and oxygen atoms in total. The second-order valence-electron chi connectivity index (χ2n) is 5.26. The van der Waals surface area contributed by atoms with E-state index in [0.717, 1.165) is 12.6 Å². The van der Waals surface area contributed by atoms with Crippen molar-refractivity contribution in [2.45, 2.75) is 0 Å². The van der Waals surface area contributed by atoms with E-state index in [-0.39, 0.29) is 45.4 Å². The van der Waals surface area contributed by atoms with E-state index in [1.54, 1.807) is 26.2 Å². The first-order valence-electron chi connectivity index (χ1n) is 7.52. The molecule has 28 heavy (non-hydrogen) atoms. The van der Waals surface area contributed by atoms with Crippen molar-refractivity contribution in [1.82, 2.24) is 4.90 Å². The van der Waals surface area contributed by atoms with E-state index in [0.29, 0.717) is 4.47 Å². The molecule has 0 fully saturated rings. The molecule has 0 unspecified atom stereocenters. The predicted octanol–water partition coefficient (Wildman–Crippen LogP) is 1.08. The van der Waals surface area contributed by atoms with E-state index < -0.39 is 5.90 Å². The minimum absolute atomic E-state index is 0. The van der Waals surface area contributed by atoms with Crippen molar-refractivity contribution in [3.05, 3.63) is 52.0 Å². The summed E-state index contributed by atoms with van der Waals surface area (Å²) in [6, 6.07) is 9.06. The molecule has 2 aromatic carbocycles. The number of phenols is 1. The van der Waals surface area contributed by atoms with Gasteiger partial charge in [-0.15, -0.1) is 0 Å². The van der Waals surface area contributed by atoms with Gasteiger partial charge in [-0.25, -0.2) is 0 Å². The molecule has 2 aromatic rings. The van der Waals surface area contributed by atoms with Crippen molar-refractivity contribution < 1.29 is 41.9 Å². The molecule has 1 N–H and O–H groups in total. The Labute approximate surface area is 181 Å². The van der Waals surface area contributed by atoms with Crippen molar-refractivity contribution >= 4 is 34.5 Å². The summed E-state index contributed by atoms with van der Waals surface area (Å²) in [7, 11) is 4.76. The first-order chi connectivity index (χ1) is 12.8. The Morgan fingerprint density at radius 3 is 2.43 bits per heavy atom. The summed E-state index contributed by atoms with van der Waals surface area (Å²) in [4.78, 5) is 10.9. The number of phenolic OH excluding ortho intramolecular Hbond substituents is 1. The van der Waals surface area contributed by atoms with Crippen LogP contribution in [0.3, 0.4) is 0 Å². The monoisotopic (exact) mass is 498 g/mol. The Balaban J connectivity index is 0.00000108. The molecule has 2 rings (SSSR count). The largest absolute Gasteiger partial charge is 2.00 e. The van der Waals surface area contributed by atoms with Gasteiger partial charge in [-0.1, -0.05) is 39.9 Å². The van der Waals surface area contributed by atoms with Gasteiger partial charge in [-0.05, 0) is 23.8 Å². The average Bonchev–Trinajstić information content (AvgIpc) is 2.64. The summed E-state index contributed by atoms with van der Waals surface area (Å²) >= 11 is 3.24. The molecular formula is C18H18BrCuN3O5. The fourth-order valence-electron chi connectivity index (χ4n) is 1.69. The van der Waals surface area contributed by atoms with Gasteiger partial charge in [-0.3, -0.25) is 4.79 Å². The maximum atomic E-state index is 11.9. The summed E-state index contributed by atoms with van der Waals surface area (Å²) in [5.74, 6) is -1.09. The number of nitrogens with zero attached hydrogens (tertiary/aromatic N) is 3. The van der Waals surface area contributed by atoms with Crippen LogP contribution in [0.2, 0.25) is 0 Å². The van der Waals surface area contributed by atoms with Gasteiger partial charge < -0.3 is 25.0 Å². The van der Waals surface area contributed by atoms with Crippen molar-refractivity contribution in [3.8, 4) is 17.2 Å². The number of carbonyl (C=O) groups is 1. The molecular weight excluding hydrogens is 482 g/mol. The SMILES string of the molecule is CN(C)C=O.COc1cc(Br)cc(/C=N/N=C(\[O-])c2ccccc2O)c1[O-].[Cu+2]. The summed E-state index contributed by atoms with van der Waals surface area (Å²) in [5, 5.41) is 40.3. The number of benzene rings is 2. The van der Waals surface area contributed by atoms with Crippen molar-refractivity contribution in [1.29, 1.82) is 0 Å². The van der Waals surface area contributed by atoms with Crippen molar-refractivity contribution in [2.75, 3.05) is 21.2 Å². The second kappa shape index (κ2) is 12.8. The van der Waals surface area contributed by atoms with E-state index in [2.05, 4.69) is 26.1 Å². The minimum Gasteiger partial charge on any atom is -0.870 e. The molecule has 0 heterocycles. The fourth-order valence-corrected chi connectivity index (χ4v) is 2.14. The van der Waals surface area contributed by atoms with Gasteiger partial charge in [0.25, 0.3) is 0 Å². The Morgan fingerprint density at radius 2 is 1.89 bits per heavy atom. The van der Waals surface area contributed by atoms with Gasteiger partial charge in [0.1, 0.15) is 11.5 Å². The number of methoxy groups -OCH3 is 1. The third kappa shape index (κ3) is 7.99. The molecule has 0 aliphatic rings. The summed E-state index contributed by atoms with van der Waals surface area (Å²) in [6.07, 6.45) is 1.91. The number of amides is 1. The Bertz CT molecular complexity index is 844. The van der Waals surface area contributed by atoms with Crippen molar-refractivity contribution in [3.63, 3.8) is 0 Å². The molecule has 0 aliphatic heterocycles. The van der Waals surface area contributed by atoms with E-state index in [4.69, 9.17) is 4.74 Å². The number of para-hydroxylation sites is 1. The molecule has 0 aliphatic carbocycles. The number of carbonyl (C=O) groups excluding carboxylic acids is 1.